The smallest absolute Gasteiger partial charge is 0.229 e. The molecule has 1 heterocycles. The highest BCUT2D eigenvalue weighted by Gasteiger charge is 2.05. The zero-order chi connectivity index (χ0) is 16.9. The van der Waals surface area contributed by atoms with Crippen LogP contribution in [0.15, 0.2) is 60.7 Å². The van der Waals surface area contributed by atoms with Crippen molar-refractivity contribution in [2.45, 2.75) is 13.8 Å². The molecule has 0 spiro atoms. The van der Waals surface area contributed by atoms with Crippen LogP contribution in [0, 0.1) is 6.92 Å². The average molecular weight is 318 g/mol. The Kier molecular flexibility index (Phi) is 4.52. The first-order chi connectivity index (χ1) is 11.6. The van der Waals surface area contributed by atoms with E-state index in [1.807, 2.05) is 55.5 Å². The maximum absolute atomic E-state index is 11.5. The van der Waals surface area contributed by atoms with Crippen LogP contribution in [0.25, 0.3) is 0 Å². The molecule has 0 bridgehead atoms. The number of nitrogens with zero attached hydrogens (tertiary/aromatic N) is 2. The molecule has 0 aliphatic heterocycles. The monoisotopic (exact) mass is 318 g/mol. The van der Waals surface area contributed by atoms with Gasteiger partial charge in [0, 0.05) is 28.7 Å². The highest BCUT2D eigenvalue weighted by Crippen LogP contribution is 2.19. The fraction of sp³-hybridized carbons (Fsp3) is 0.105. The Balaban J connectivity index is 1.83. The van der Waals surface area contributed by atoms with E-state index in [2.05, 4.69) is 20.6 Å². The summed E-state index contributed by atoms with van der Waals surface area (Å²) < 4.78 is 0. The number of aryl methyl sites for hydroxylation is 1. The van der Waals surface area contributed by atoms with E-state index in [0.29, 0.717) is 17.3 Å². The van der Waals surface area contributed by atoms with Gasteiger partial charge < -0.3 is 10.6 Å². The van der Waals surface area contributed by atoms with Gasteiger partial charge in [-0.05, 0) is 38.1 Å². The van der Waals surface area contributed by atoms with Gasteiger partial charge in [0.25, 0.3) is 0 Å². The molecule has 0 saturated heterocycles. The van der Waals surface area contributed by atoms with Crippen LogP contribution in [0.2, 0.25) is 0 Å². The molecular formula is C19H18N4O. The van der Waals surface area contributed by atoms with Crippen molar-refractivity contribution in [2.75, 3.05) is 10.6 Å². The fourth-order valence-corrected chi connectivity index (χ4v) is 2.30. The van der Waals surface area contributed by atoms with Crippen molar-refractivity contribution in [3.8, 4) is 0 Å². The van der Waals surface area contributed by atoms with Gasteiger partial charge in [0.05, 0.1) is 0 Å². The molecule has 0 saturated carbocycles. The van der Waals surface area contributed by atoms with Gasteiger partial charge in [-0.25, -0.2) is 4.98 Å². The molecule has 0 aliphatic carbocycles. The molecule has 5 heteroatoms. The van der Waals surface area contributed by atoms with Crippen molar-refractivity contribution in [2.24, 2.45) is 0 Å². The van der Waals surface area contributed by atoms with Crippen molar-refractivity contribution < 1.29 is 4.79 Å². The second-order valence-electron chi connectivity index (χ2n) is 5.47. The van der Waals surface area contributed by atoms with E-state index in [-0.39, 0.29) is 5.78 Å². The first-order valence-electron chi connectivity index (χ1n) is 7.66. The number of anilines is 4. The van der Waals surface area contributed by atoms with Gasteiger partial charge in [0.1, 0.15) is 5.82 Å². The molecule has 0 radical (unpaired) electrons. The molecule has 120 valence electrons. The summed E-state index contributed by atoms with van der Waals surface area (Å²) in [6.07, 6.45) is 0. The van der Waals surface area contributed by atoms with Crippen LogP contribution in [-0.2, 0) is 0 Å². The van der Waals surface area contributed by atoms with E-state index in [1.165, 1.54) is 0 Å². The number of benzene rings is 2. The number of ketones is 1. The fourth-order valence-electron chi connectivity index (χ4n) is 2.30. The number of aromatic nitrogens is 2. The van der Waals surface area contributed by atoms with Crippen molar-refractivity contribution in [1.29, 1.82) is 0 Å². The Bertz CT molecular complexity index is 862. The molecule has 0 fully saturated rings. The minimum absolute atomic E-state index is 0.0234. The van der Waals surface area contributed by atoms with Crippen molar-refractivity contribution >= 4 is 28.9 Å². The third kappa shape index (κ3) is 3.95. The standard InChI is InChI=1S/C19H18N4O/c1-13-11-18(21-16-8-4-3-5-9-16)23-19(20-13)22-17-10-6-7-15(12-17)14(2)24/h3-12H,1-2H3,(H2,20,21,22,23). The molecule has 2 N–H and O–H groups in total. The maximum atomic E-state index is 11.5. The molecule has 0 aliphatic rings. The highest BCUT2D eigenvalue weighted by atomic mass is 16.1. The number of carbonyl (C=O) groups excluding carboxylic acids is 1. The Morgan fingerprint density at radius 3 is 2.38 bits per heavy atom. The number of rotatable bonds is 5. The largest absolute Gasteiger partial charge is 0.340 e. The number of nitrogens with one attached hydrogen (secondary N) is 2. The van der Waals surface area contributed by atoms with Gasteiger partial charge in [-0.2, -0.15) is 4.98 Å². The van der Waals surface area contributed by atoms with Crippen LogP contribution in [0.5, 0.6) is 0 Å². The molecule has 0 amide bonds. The van der Waals surface area contributed by atoms with Crippen molar-refractivity contribution in [1.82, 2.24) is 9.97 Å². The minimum atomic E-state index is 0.0234. The maximum Gasteiger partial charge on any atom is 0.229 e. The molecule has 1 aromatic heterocycles. The van der Waals surface area contributed by atoms with E-state index >= 15 is 0 Å². The molecular weight excluding hydrogens is 300 g/mol. The highest BCUT2D eigenvalue weighted by molar-refractivity contribution is 5.95. The van der Waals surface area contributed by atoms with Crippen LogP contribution in [0.1, 0.15) is 23.0 Å². The predicted molar refractivity (Wildman–Crippen MR) is 96.2 cm³/mol. The Morgan fingerprint density at radius 2 is 1.62 bits per heavy atom. The Labute approximate surface area is 140 Å². The Hall–Kier alpha value is -3.21. The van der Waals surface area contributed by atoms with Crippen LogP contribution in [-0.4, -0.2) is 15.8 Å². The first kappa shape index (κ1) is 15.7. The normalized spacial score (nSPS) is 10.2. The van der Waals surface area contributed by atoms with E-state index in [9.17, 15) is 4.79 Å². The van der Waals surface area contributed by atoms with Crippen molar-refractivity contribution in [3.63, 3.8) is 0 Å². The van der Waals surface area contributed by atoms with Gasteiger partial charge in [0.2, 0.25) is 5.95 Å². The van der Waals surface area contributed by atoms with Crippen LogP contribution in [0.4, 0.5) is 23.1 Å². The second-order valence-corrected chi connectivity index (χ2v) is 5.47. The molecule has 5 nitrogen and oxygen atoms in total. The average Bonchev–Trinajstić information content (AvgIpc) is 2.55. The van der Waals surface area contributed by atoms with Crippen molar-refractivity contribution in [3.05, 3.63) is 71.9 Å². The minimum Gasteiger partial charge on any atom is -0.340 e. The lowest BCUT2D eigenvalue weighted by Crippen LogP contribution is -2.03. The number of para-hydroxylation sites is 1. The summed E-state index contributed by atoms with van der Waals surface area (Å²) in [5, 5.41) is 6.41. The number of hydrogen-bond donors (Lipinski definition) is 2. The molecule has 0 unspecified atom stereocenters. The lowest BCUT2D eigenvalue weighted by Gasteiger charge is -2.10. The van der Waals surface area contributed by atoms with E-state index in [1.54, 1.807) is 19.1 Å². The molecule has 0 atom stereocenters. The molecule has 2 aromatic carbocycles. The van der Waals surface area contributed by atoms with Gasteiger partial charge in [-0.3, -0.25) is 4.79 Å². The number of carbonyl (C=O) groups is 1. The zero-order valence-electron chi connectivity index (χ0n) is 13.6. The predicted octanol–water partition coefficient (Wildman–Crippen LogP) is 4.47. The van der Waals surface area contributed by atoms with Gasteiger partial charge in [-0.1, -0.05) is 30.3 Å². The third-order valence-electron chi connectivity index (χ3n) is 3.43. The second kappa shape index (κ2) is 6.91. The molecule has 3 aromatic rings. The summed E-state index contributed by atoms with van der Waals surface area (Å²) in [5.74, 6) is 1.21. The number of hydrogen-bond acceptors (Lipinski definition) is 5. The molecule has 3 rings (SSSR count). The van der Waals surface area contributed by atoms with Gasteiger partial charge >= 0.3 is 0 Å². The van der Waals surface area contributed by atoms with E-state index in [4.69, 9.17) is 0 Å². The number of Topliss-reactive ketones (excluding diaryl/α,β-unsaturated/α-hetero) is 1. The summed E-state index contributed by atoms with van der Waals surface area (Å²) in [6.45, 7) is 3.46. The summed E-state index contributed by atoms with van der Waals surface area (Å²) in [6, 6.07) is 19.0. The van der Waals surface area contributed by atoms with Gasteiger partial charge in [0.15, 0.2) is 5.78 Å². The zero-order valence-corrected chi connectivity index (χ0v) is 13.6. The van der Waals surface area contributed by atoms with Crippen LogP contribution in [0.3, 0.4) is 0 Å². The summed E-state index contributed by atoms with van der Waals surface area (Å²) in [7, 11) is 0. The van der Waals surface area contributed by atoms with Crippen LogP contribution >= 0.6 is 0 Å². The lowest BCUT2D eigenvalue weighted by molar-refractivity contribution is 0.101. The lowest BCUT2D eigenvalue weighted by atomic mass is 10.1. The van der Waals surface area contributed by atoms with Crippen LogP contribution < -0.4 is 10.6 Å². The summed E-state index contributed by atoms with van der Waals surface area (Å²) >= 11 is 0. The molecule has 24 heavy (non-hydrogen) atoms. The quantitative estimate of drug-likeness (QED) is 0.679. The Morgan fingerprint density at radius 1 is 0.875 bits per heavy atom. The first-order valence-corrected chi connectivity index (χ1v) is 7.66. The van der Waals surface area contributed by atoms with E-state index in [0.717, 1.165) is 17.1 Å². The summed E-state index contributed by atoms with van der Waals surface area (Å²) in [5.41, 5.74) is 3.23. The third-order valence-corrected chi connectivity index (χ3v) is 3.43. The van der Waals surface area contributed by atoms with Gasteiger partial charge in [-0.15, -0.1) is 0 Å². The summed E-state index contributed by atoms with van der Waals surface area (Å²) in [4.78, 5) is 20.4. The topological polar surface area (TPSA) is 66.9 Å². The van der Waals surface area contributed by atoms with E-state index < -0.39 is 0 Å². The SMILES string of the molecule is CC(=O)c1cccc(Nc2nc(C)cc(Nc3ccccc3)n2)c1.